The summed E-state index contributed by atoms with van der Waals surface area (Å²) in [7, 11) is 0. The highest BCUT2D eigenvalue weighted by Gasteiger charge is 2.23. The zero-order chi connectivity index (χ0) is 15.6. The number of aliphatic hydroxyl groups excluding tert-OH is 1. The molecule has 23 heavy (non-hydrogen) atoms. The first-order valence-corrected chi connectivity index (χ1v) is 8.27. The lowest BCUT2D eigenvalue weighted by molar-refractivity contribution is 0.138. The second-order valence-corrected chi connectivity index (χ2v) is 6.20. The molecule has 2 aliphatic heterocycles. The van der Waals surface area contributed by atoms with Gasteiger partial charge in [0.25, 0.3) is 0 Å². The topological polar surface area (TPSA) is 81.4 Å². The molecule has 7 nitrogen and oxygen atoms in total. The summed E-state index contributed by atoms with van der Waals surface area (Å²) in [6.07, 6.45) is 6.73. The van der Waals surface area contributed by atoms with Crippen LogP contribution < -0.4 is 10.1 Å². The van der Waals surface area contributed by atoms with Crippen molar-refractivity contribution in [2.45, 2.75) is 38.0 Å². The number of fused-ring (bicyclic) bond motifs is 1. The molecule has 0 bridgehead atoms. The van der Waals surface area contributed by atoms with Crippen LogP contribution in [0.1, 0.15) is 30.7 Å². The summed E-state index contributed by atoms with van der Waals surface area (Å²) in [6.45, 7) is 3.28. The van der Waals surface area contributed by atoms with Gasteiger partial charge in [-0.05, 0) is 31.8 Å². The molecule has 2 saturated heterocycles. The van der Waals surface area contributed by atoms with Crippen molar-refractivity contribution in [2.24, 2.45) is 0 Å². The number of aliphatic hydroxyl groups is 1. The molecule has 2 aromatic rings. The number of hydrogen-bond donors (Lipinski definition) is 2. The fourth-order valence-corrected chi connectivity index (χ4v) is 3.43. The predicted molar refractivity (Wildman–Crippen MR) is 84.4 cm³/mol. The Balaban J connectivity index is 1.69. The van der Waals surface area contributed by atoms with E-state index in [0.717, 1.165) is 55.7 Å². The molecule has 1 atom stereocenters. The zero-order valence-electron chi connectivity index (χ0n) is 13.1. The molecule has 4 heterocycles. The summed E-state index contributed by atoms with van der Waals surface area (Å²) >= 11 is 0. The minimum absolute atomic E-state index is 0.0593. The van der Waals surface area contributed by atoms with Gasteiger partial charge in [0.2, 0.25) is 5.88 Å². The van der Waals surface area contributed by atoms with Crippen molar-refractivity contribution in [2.75, 3.05) is 26.3 Å². The lowest BCUT2D eigenvalue weighted by Gasteiger charge is -2.21. The Labute approximate surface area is 134 Å². The van der Waals surface area contributed by atoms with Crippen LogP contribution in [0.3, 0.4) is 0 Å². The molecular formula is C16H22N4O3. The van der Waals surface area contributed by atoms with Crippen molar-refractivity contribution in [1.82, 2.24) is 19.9 Å². The molecule has 0 radical (unpaired) electrons. The van der Waals surface area contributed by atoms with E-state index in [-0.39, 0.29) is 12.8 Å². The van der Waals surface area contributed by atoms with Crippen LogP contribution in [0.5, 0.6) is 5.88 Å². The third-order valence-electron chi connectivity index (χ3n) is 4.68. The van der Waals surface area contributed by atoms with E-state index in [9.17, 15) is 5.11 Å². The van der Waals surface area contributed by atoms with Crippen LogP contribution in [0.15, 0.2) is 12.4 Å². The summed E-state index contributed by atoms with van der Waals surface area (Å²) in [5, 5.41) is 13.0. The Morgan fingerprint density at radius 2 is 2.22 bits per heavy atom. The lowest BCUT2D eigenvalue weighted by Crippen LogP contribution is -2.26. The molecule has 0 amide bonds. The van der Waals surface area contributed by atoms with Crippen molar-refractivity contribution >= 4 is 11.2 Å². The minimum atomic E-state index is -0.0905. The number of piperidine rings is 1. The third kappa shape index (κ3) is 2.91. The maximum atomic E-state index is 9.58. The molecule has 0 spiro atoms. The highest BCUT2D eigenvalue weighted by Crippen LogP contribution is 2.32. The van der Waals surface area contributed by atoms with Crippen molar-refractivity contribution in [3.63, 3.8) is 0 Å². The fraction of sp³-hybridized carbons (Fsp3) is 0.625. The van der Waals surface area contributed by atoms with Crippen LogP contribution in [0.2, 0.25) is 0 Å². The van der Waals surface area contributed by atoms with Gasteiger partial charge in [-0.2, -0.15) is 0 Å². The molecule has 0 aliphatic carbocycles. The summed E-state index contributed by atoms with van der Waals surface area (Å²) in [5.41, 5.74) is 2.73. The van der Waals surface area contributed by atoms with Crippen molar-refractivity contribution in [1.29, 1.82) is 0 Å². The first-order chi connectivity index (χ1) is 11.3. The Kier molecular flexibility index (Phi) is 4.15. The van der Waals surface area contributed by atoms with Crippen molar-refractivity contribution in [3.8, 4) is 5.88 Å². The van der Waals surface area contributed by atoms with Gasteiger partial charge in [0.1, 0.15) is 18.4 Å². The van der Waals surface area contributed by atoms with Crippen molar-refractivity contribution in [3.05, 3.63) is 18.0 Å². The largest absolute Gasteiger partial charge is 0.471 e. The first kappa shape index (κ1) is 14.9. The summed E-state index contributed by atoms with van der Waals surface area (Å²) in [5.74, 6) is 0.991. The molecule has 2 aromatic heterocycles. The average molecular weight is 318 g/mol. The van der Waals surface area contributed by atoms with Gasteiger partial charge in [-0.15, -0.1) is 0 Å². The number of nitrogens with zero attached hydrogens (tertiary/aromatic N) is 3. The Morgan fingerprint density at radius 3 is 2.96 bits per heavy atom. The first-order valence-electron chi connectivity index (χ1n) is 8.27. The summed E-state index contributed by atoms with van der Waals surface area (Å²) < 4.78 is 13.0. The van der Waals surface area contributed by atoms with Gasteiger partial charge >= 0.3 is 0 Å². The van der Waals surface area contributed by atoms with Crippen LogP contribution >= 0.6 is 0 Å². The highest BCUT2D eigenvalue weighted by molar-refractivity contribution is 5.77. The van der Waals surface area contributed by atoms with Gasteiger partial charge in [-0.1, -0.05) is 0 Å². The van der Waals surface area contributed by atoms with Gasteiger partial charge in [0.15, 0.2) is 5.65 Å². The normalized spacial score (nSPS) is 22.7. The van der Waals surface area contributed by atoms with Gasteiger partial charge in [0.05, 0.1) is 19.4 Å². The van der Waals surface area contributed by atoms with Crippen LogP contribution in [0.25, 0.3) is 11.2 Å². The molecule has 2 N–H and O–H groups in total. The number of aromatic nitrogens is 3. The molecule has 124 valence electrons. The molecule has 2 aliphatic rings. The standard InChI is InChI=1S/C16H22N4O3/c21-10-20-8-13(11-1-4-17-5-2-11)15-16(20)18-7-14(19-15)23-12-3-6-22-9-12/h7-8,11-12,17,21H,1-6,9-10H2/t12-/m1/s1. The third-order valence-corrected chi connectivity index (χ3v) is 4.68. The highest BCUT2D eigenvalue weighted by atomic mass is 16.5. The van der Waals surface area contributed by atoms with Gasteiger partial charge in [-0.25, -0.2) is 9.97 Å². The van der Waals surface area contributed by atoms with Gasteiger partial charge < -0.3 is 24.5 Å². The van der Waals surface area contributed by atoms with Crippen LogP contribution in [0, 0.1) is 0 Å². The second-order valence-electron chi connectivity index (χ2n) is 6.20. The molecule has 0 saturated carbocycles. The predicted octanol–water partition coefficient (Wildman–Crippen LogP) is 1.02. The average Bonchev–Trinajstić information content (AvgIpc) is 3.23. The smallest absolute Gasteiger partial charge is 0.233 e. The molecule has 4 rings (SSSR count). The van der Waals surface area contributed by atoms with E-state index in [4.69, 9.17) is 9.47 Å². The maximum Gasteiger partial charge on any atom is 0.233 e. The Bertz CT molecular complexity index is 675. The Hall–Kier alpha value is -1.70. The van der Waals surface area contributed by atoms with E-state index in [2.05, 4.69) is 15.3 Å². The quantitative estimate of drug-likeness (QED) is 0.876. The van der Waals surface area contributed by atoms with E-state index in [1.165, 1.54) is 0 Å². The number of rotatable bonds is 4. The fourth-order valence-electron chi connectivity index (χ4n) is 3.43. The van der Waals surface area contributed by atoms with Crippen molar-refractivity contribution < 1.29 is 14.6 Å². The molecule has 2 fully saturated rings. The van der Waals surface area contributed by atoms with Crippen LogP contribution in [0.4, 0.5) is 0 Å². The summed E-state index contributed by atoms with van der Waals surface area (Å²) in [6, 6.07) is 0. The lowest BCUT2D eigenvalue weighted by atomic mass is 9.91. The minimum Gasteiger partial charge on any atom is -0.471 e. The van der Waals surface area contributed by atoms with Crippen LogP contribution in [-0.2, 0) is 11.5 Å². The van der Waals surface area contributed by atoms with E-state index >= 15 is 0 Å². The number of nitrogens with one attached hydrogen (secondary N) is 1. The van der Waals surface area contributed by atoms with Gasteiger partial charge in [0, 0.05) is 18.2 Å². The number of hydrogen-bond acceptors (Lipinski definition) is 6. The second kappa shape index (κ2) is 6.43. The van der Waals surface area contributed by atoms with E-state index < -0.39 is 0 Å². The Morgan fingerprint density at radius 1 is 1.35 bits per heavy atom. The maximum absolute atomic E-state index is 9.58. The van der Waals surface area contributed by atoms with Gasteiger partial charge in [-0.3, -0.25) is 0 Å². The summed E-state index contributed by atoms with van der Waals surface area (Å²) in [4.78, 5) is 9.16. The zero-order valence-corrected chi connectivity index (χ0v) is 13.1. The van der Waals surface area contributed by atoms with E-state index in [1.54, 1.807) is 10.8 Å². The van der Waals surface area contributed by atoms with E-state index in [1.807, 2.05) is 6.20 Å². The monoisotopic (exact) mass is 318 g/mol. The number of ether oxygens (including phenoxy) is 2. The molecule has 0 aromatic carbocycles. The molecule has 7 heteroatoms. The van der Waals surface area contributed by atoms with E-state index in [0.29, 0.717) is 18.4 Å². The molecule has 0 unspecified atom stereocenters. The SMILES string of the molecule is OCn1cc(C2CCNCC2)c2nc(O[C@@H]3CCOC3)cnc21. The van der Waals surface area contributed by atoms with Crippen LogP contribution in [-0.4, -0.2) is 52.0 Å². The molecular weight excluding hydrogens is 296 g/mol.